The molecule has 2 aromatic heterocycles. The van der Waals surface area contributed by atoms with Gasteiger partial charge < -0.3 is 5.11 Å². The normalized spacial score (nSPS) is 10.7. The number of hydrogen-bond acceptors (Lipinski definition) is 8. The molecule has 0 aliphatic carbocycles. The molecule has 0 radical (unpaired) electrons. The van der Waals surface area contributed by atoms with Crippen LogP contribution < -0.4 is 11.2 Å². The van der Waals surface area contributed by atoms with E-state index >= 15 is 0 Å². The Labute approximate surface area is 119 Å². The van der Waals surface area contributed by atoms with E-state index in [4.69, 9.17) is 0 Å². The number of aromatic hydroxyl groups is 1. The highest BCUT2D eigenvalue weighted by Gasteiger charge is 2.13. The first-order chi connectivity index (χ1) is 10.1. The van der Waals surface area contributed by atoms with E-state index in [-0.39, 0.29) is 15.9 Å². The maximum absolute atomic E-state index is 11.6. The van der Waals surface area contributed by atoms with Crippen LogP contribution >= 0.6 is 11.8 Å². The van der Waals surface area contributed by atoms with Crippen molar-refractivity contribution < 1.29 is 5.11 Å². The molecule has 3 rings (SSSR count). The number of phenols is 1. The van der Waals surface area contributed by atoms with E-state index in [0.717, 1.165) is 11.8 Å². The lowest BCUT2D eigenvalue weighted by molar-refractivity contribution is 0.475. The van der Waals surface area contributed by atoms with Crippen LogP contribution in [0.2, 0.25) is 0 Å². The molecule has 0 fully saturated rings. The van der Waals surface area contributed by atoms with E-state index in [9.17, 15) is 14.7 Å². The number of aromatic amines is 2. The number of nitrogens with zero attached hydrogens (tertiary/aromatic N) is 5. The summed E-state index contributed by atoms with van der Waals surface area (Å²) in [5.74, 6) is 0.111. The lowest BCUT2D eigenvalue weighted by Crippen LogP contribution is -2.25. The summed E-state index contributed by atoms with van der Waals surface area (Å²) in [7, 11) is 0. The fourth-order valence-electron chi connectivity index (χ4n) is 1.49. The minimum absolute atomic E-state index is 0.00410. The highest BCUT2D eigenvalue weighted by atomic mass is 32.2. The van der Waals surface area contributed by atoms with Crippen LogP contribution in [0.1, 0.15) is 0 Å². The fourth-order valence-corrected chi connectivity index (χ4v) is 2.20. The Bertz CT molecular complexity index is 882. The quantitative estimate of drug-likeness (QED) is 0.576. The van der Waals surface area contributed by atoms with Crippen LogP contribution in [0.25, 0.3) is 5.69 Å². The zero-order chi connectivity index (χ0) is 14.8. The fraction of sp³-hybridized carbons (Fsp3) is 0. The standard InChI is InChI=1S/C10H7N7O3S/c18-6-3-1-5(2-4-6)17-10(14-15-16-17)21-8-7(19)11-9(20)13-12-8/h1-4,18H,(H2,11,13,19,20). The smallest absolute Gasteiger partial charge is 0.342 e. The molecule has 0 aliphatic heterocycles. The van der Waals surface area contributed by atoms with E-state index in [2.05, 4.69) is 30.7 Å². The van der Waals surface area contributed by atoms with Gasteiger partial charge >= 0.3 is 5.69 Å². The maximum atomic E-state index is 11.6. The highest BCUT2D eigenvalue weighted by molar-refractivity contribution is 7.99. The van der Waals surface area contributed by atoms with E-state index in [1.54, 1.807) is 12.1 Å². The summed E-state index contributed by atoms with van der Waals surface area (Å²) < 4.78 is 1.37. The number of tetrazole rings is 1. The Morgan fingerprint density at radius 1 is 1.19 bits per heavy atom. The number of rotatable bonds is 3. The van der Waals surface area contributed by atoms with Crippen LogP contribution in [0.15, 0.2) is 44.0 Å². The summed E-state index contributed by atoms with van der Waals surface area (Å²) in [6.45, 7) is 0. The average molecular weight is 305 g/mol. The zero-order valence-corrected chi connectivity index (χ0v) is 11.0. The first-order valence-electron chi connectivity index (χ1n) is 5.58. The first kappa shape index (κ1) is 13.1. The third kappa shape index (κ3) is 2.67. The van der Waals surface area contributed by atoms with E-state index in [1.165, 1.54) is 16.8 Å². The summed E-state index contributed by atoms with van der Waals surface area (Å²) in [4.78, 5) is 24.6. The van der Waals surface area contributed by atoms with Gasteiger partial charge in [-0.05, 0) is 46.5 Å². The summed E-state index contributed by atoms with van der Waals surface area (Å²) >= 11 is 0.895. The van der Waals surface area contributed by atoms with Crippen molar-refractivity contribution in [2.24, 2.45) is 0 Å². The Balaban J connectivity index is 1.97. The number of aromatic nitrogens is 7. The van der Waals surface area contributed by atoms with Crippen molar-refractivity contribution in [3.8, 4) is 11.4 Å². The van der Waals surface area contributed by atoms with Crippen LogP contribution in [-0.4, -0.2) is 40.5 Å². The van der Waals surface area contributed by atoms with Crippen molar-refractivity contribution in [2.45, 2.75) is 10.2 Å². The molecule has 0 atom stereocenters. The predicted octanol–water partition coefficient (Wildman–Crippen LogP) is -0.709. The lowest BCUT2D eigenvalue weighted by Gasteiger charge is -2.03. The molecule has 0 aliphatic rings. The van der Waals surface area contributed by atoms with Gasteiger partial charge in [0.25, 0.3) is 5.56 Å². The van der Waals surface area contributed by atoms with E-state index < -0.39 is 11.2 Å². The third-order valence-electron chi connectivity index (χ3n) is 2.40. The Morgan fingerprint density at radius 3 is 2.67 bits per heavy atom. The molecule has 11 heteroatoms. The van der Waals surface area contributed by atoms with E-state index in [0.29, 0.717) is 5.69 Å². The Hall–Kier alpha value is -2.95. The molecule has 3 aromatic rings. The lowest BCUT2D eigenvalue weighted by atomic mass is 10.3. The summed E-state index contributed by atoms with van der Waals surface area (Å²) in [5, 5.41) is 26.4. The molecule has 21 heavy (non-hydrogen) atoms. The van der Waals surface area contributed by atoms with Crippen LogP contribution in [0.4, 0.5) is 0 Å². The number of hydrogen-bond donors (Lipinski definition) is 3. The molecule has 0 amide bonds. The van der Waals surface area contributed by atoms with Crippen molar-refractivity contribution in [1.82, 2.24) is 35.4 Å². The molecular weight excluding hydrogens is 298 g/mol. The van der Waals surface area contributed by atoms with Crippen LogP contribution in [0.5, 0.6) is 5.75 Å². The molecular formula is C10H7N7O3S. The summed E-state index contributed by atoms with van der Waals surface area (Å²) in [5.41, 5.74) is -0.729. The first-order valence-corrected chi connectivity index (χ1v) is 6.40. The molecule has 1 aromatic carbocycles. The zero-order valence-electron chi connectivity index (χ0n) is 10.2. The van der Waals surface area contributed by atoms with Gasteiger partial charge in [0.1, 0.15) is 5.75 Å². The molecule has 3 N–H and O–H groups in total. The molecule has 0 saturated carbocycles. The van der Waals surface area contributed by atoms with Gasteiger partial charge in [0.2, 0.25) is 5.16 Å². The predicted molar refractivity (Wildman–Crippen MR) is 70.4 cm³/mol. The van der Waals surface area contributed by atoms with Gasteiger partial charge in [-0.1, -0.05) is 0 Å². The second-order valence-electron chi connectivity index (χ2n) is 3.80. The monoisotopic (exact) mass is 305 g/mol. The van der Waals surface area contributed by atoms with Crippen molar-refractivity contribution >= 4 is 11.8 Å². The Morgan fingerprint density at radius 2 is 1.95 bits per heavy atom. The number of nitrogens with one attached hydrogen (secondary N) is 2. The molecule has 106 valence electrons. The molecule has 0 unspecified atom stereocenters. The average Bonchev–Trinajstić information content (AvgIpc) is 2.91. The Kier molecular flexibility index (Phi) is 3.23. The number of benzene rings is 1. The van der Waals surface area contributed by atoms with E-state index in [1.807, 2.05) is 0 Å². The third-order valence-corrected chi connectivity index (χ3v) is 3.31. The van der Waals surface area contributed by atoms with Crippen molar-refractivity contribution in [3.05, 3.63) is 45.1 Å². The molecule has 0 saturated heterocycles. The topological polar surface area (TPSA) is 142 Å². The summed E-state index contributed by atoms with van der Waals surface area (Å²) in [6.07, 6.45) is 0. The van der Waals surface area contributed by atoms with Crippen molar-refractivity contribution in [3.63, 3.8) is 0 Å². The molecule has 2 heterocycles. The van der Waals surface area contributed by atoms with Gasteiger partial charge in [-0.2, -0.15) is 9.78 Å². The van der Waals surface area contributed by atoms with Gasteiger partial charge in [0.05, 0.1) is 5.69 Å². The van der Waals surface area contributed by atoms with Gasteiger partial charge in [-0.25, -0.2) is 9.89 Å². The molecule has 0 bridgehead atoms. The minimum Gasteiger partial charge on any atom is -0.508 e. The number of phenolic OH excluding ortho intramolecular Hbond substituents is 1. The molecule has 0 spiro atoms. The largest absolute Gasteiger partial charge is 0.508 e. The van der Waals surface area contributed by atoms with Crippen LogP contribution in [0.3, 0.4) is 0 Å². The second-order valence-corrected chi connectivity index (χ2v) is 4.76. The molecule has 10 nitrogen and oxygen atoms in total. The van der Waals surface area contributed by atoms with Crippen molar-refractivity contribution in [2.75, 3.05) is 0 Å². The van der Waals surface area contributed by atoms with Crippen molar-refractivity contribution in [1.29, 1.82) is 0 Å². The van der Waals surface area contributed by atoms with Crippen LogP contribution in [0, 0.1) is 0 Å². The van der Waals surface area contributed by atoms with Gasteiger partial charge in [0, 0.05) is 0 Å². The van der Waals surface area contributed by atoms with Gasteiger partial charge in [-0.3, -0.25) is 9.78 Å². The van der Waals surface area contributed by atoms with Gasteiger partial charge in [0.15, 0.2) is 5.03 Å². The SMILES string of the molecule is O=c1[nH]nc(Sc2nnnn2-c2ccc(O)cc2)c(=O)[nH]1. The van der Waals surface area contributed by atoms with Gasteiger partial charge in [-0.15, -0.1) is 5.10 Å². The maximum Gasteiger partial charge on any atom is 0.342 e. The second kappa shape index (κ2) is 5.20. The number of H-pyrrole nitrogens is 2. The minimum atomic E-state index is -0.692. The highest BCUT2D eigenvalue weighted by Crippen LogP contribution is 2.22. The summed E-state index contributed by atoms with van der Waals surface area (Å²) in [6, 6.07) is 6.19. The van der Waals surface area contributed by atoms with Crippen LogP contribution in [-0.2, 0) is 0 Å².